The molecule has 30 heavy (non-hydrogen) atoms. The number of nitrogens with zero attached hydrogens (tertiary/aromatic N) is 3. The molecule has 5 heteroatoms. The van der Waals surface area contributed by atoms with E-state index < -0.39 is 0 Å². The minimum absolute atomic E-state index is 0.314. The van der Waals surface area contributed by atoms with Crippen LogP contribution in [0.15, 0.2) is 77.2 Å². The van der Waals surface area contributed by atoms with Gasteiger partial charge in [0.05, 0.1) is 12.8 Å². The number of piperazine rings is 1. The van der Waals surface area contributed by atoms with E-state index in [1.54, 1.807) is 7.11 Å². The Labute approximate surface area is 176 Å². The Kier molecular flexibility index (Phi) is 5.11. The Morgan fingerprint density at radius 1 is 0.867 bits per heavy atom. The summed E-state index contributed by atoms with van der Waals surface area (Å²) >= 11 is 0. The number of rotatable bonds is 5. The monoisotopic (exact) mass is 399 g/mol. The number of oxazole rings is 1. The number of ether oxygens (including phenoxy) is 1. The average Bonchev–Trinajstić information content (AvgIpc) is 3.24. The van der Waals surface area contributed by atoms with Crippen LogP contribution in [0, 0.1) is 0 Å². The van der Waals surface area contributed by atoms with E-state index in [4.69, 9.17) is 9.15 Å². The lowest BCUT2D eigenvalue weighted by atomic mass is 10.0. The van der Waals surface area contributed by atoms with E-state index >= 15 is 0 Å². The summed E-state index contributed by atoms with van der Waals surface area (Å²) in [5.41, 5.74) is 6.63. The predicted molar refractivity (Wildman–Crippen MR) is 120 cm³/mol. The van der Waals surface area contributed by atoms with Gasteiger partial charge in [0.1, 0.15) is 5.52 Å². The zero-order chi connectivity index (χ0) is 20.3. The molecule has 2 heterocycles. The molecule has 1 aromatic heterocycles. The fourth-order valence-corrected chi connectivity index (χ4v) is 4.14. The quantitative estimate of drug-likeness (QED) is 0.481. The Hall–Kier alpha value is -3.31. The molecule has 152 valence electrons. The highest BCUT2D eigenvalue weighted by Gasteiger charge is 2.21. The van der Waals surface area contributed by atoms with Gasteiger partial charge in [-0.1, -0.05) is 54.6 Å². The molecule has 0 spiro atoms. The van der Waals surface area contributed by atoms with Gasteiger partial charge in [-0.25, -0.2) is 0 Å². The van der Waals surface area contributed by atoms with Crippen molar-refractivity contribution < 1.29 is 9.15 Å². The highest BCUT2D eigenvalue weighted by atomic mass is 16.6. The van der Waals surface area contributed by atoms with Crippen LogP contribution in [-0.2, 0) is 6.54 Å². The van der Waals surface area contributed by atoms with Gasteiger partial charge in [-0.3, -0.25) is 4.90 Å². The minimum atomic E-state index is 0.314. The van der Waals surface area contributed by atoms with Crippen molar-refractivity contribution >= 4 is 16.8 Å². The summed E-state index contributed by atoms with van der Waals surface area (Å²) in [6.07, 6.45) is 0.314. The van der Waals surface area contributed by atoms with E-state index in [0.29, 0.717) is 6.08 Å². The first-order valence-corrected chi connectivity index (χ1v) is 10.4. The van der Waals surface area contributed by atoms with Crippen LogP contribution in [0.25, 0.3) is 22.2 Å². The van der Waals surface area contributed by atoms with Crippen LogP contribution < -0.4 is 9.64 Å². The molecule has 0 bridgehead atoms. The van der Waals surface area contributed by atoms with Gasteiger partial charge in [-0.15, -0.1) is 0 Å². The second-order valence-corrected chi connectivity index (χ2v) is 7.64. The second-order valence-electron chi connectivity index (χ2n) is 7.64. The van der Waals surface area contributed by atoms with Crippen molar-refractivity contribution in [2.45, 2.75) is 6.54 Å². The van der Waals surface area contributed by atoms with Crippen molar-refractivity contribution in [2.75, 3.05) is 38.2 Å². The summed E-state index contributed by atoms with van der Waals surface area (Å²) in [6, 6.07) is 25.5. The number of hydrogen-bond acceptors (Lipinski definition) is 5. The molecule has 0 aliphatic carbocycles. The highest BCUT2D eigenvalue weighted by Crippen LogP contribution is 2.31. The average molecular weight is 399 g/mol. The first-order valence-electron chi connectivity index (χ1n) is 10.4. The van der Waals surface area contributed by atoms with Crippen LogP contribution in [0.4, 0.5) is 5.69 Å². The van der Waals surface area contributed by atoms with Crippen molar-refractivity contribution in [1.29, 1.82) is 0 Å². The van der Waals surface area contributed by atoms with E-state index in [0.717, 1.165) is 49.5 Å². The smallest absolute Gasteiger partial charge is 0.394 e. The molecular formula is C25H25N3O2. The molecule has 0 atom stereocenters. The Balaban J connectivity index is 1.27. The van der Waals surface area contributed by atoms with E-state index in [9.17, 15) is 0 Å². The molecule has 1 fully saturated rings. The SMILES string of the molecule is COc1nc2cccc(N3CCN(Cc4cccc(-c5ccccc5)c4)CC3)c2o1. The predicted octanol–water partition coefficient (Wildman–Crippen LogP) is 4.83. The summed E-state index contributed by atoms with van der Waals surface area (Å²) in [5.74, 6) is 0. The number of methoxy groups -OCH3 is 1. The maximum Gasteiger partial charge on any atom is 0.394 e. The number of aromatic nitrogens is 1. The molecule has 0 amide bonds. The molecule has 4 aromatic rings. The largest absolute Gasteiger partial charge is 0.453 e. The van der Waals surface area contributed by atoms with Crippen LogP contribution in [0.3, 0.4) is 0 Å². The van der Waals surface area contributed by atoms with Gasteiger partial charge in [0.15, 0.2) is 5.58 Å². The number of para-hydroxylation sites is 1. The van der Waals surface area contributed by atoms with Crippen LogP contribution >= 0.6 is 0 Å². The summed E-state index contributed by atoms with van der Waals surface area (Å²) in [4.78, 5) is 9.26. The zero-order valence-electron chi connectivity index (χ0n) is 17.1. The molecular weight excluding hydrogens is 374 g/mol. The molecule has 1 aliphatic rings. The summed E-state index contributed by atoms with van der Waals surface area (Å²) in [5, 5.41) is 0. The van der Waals surface area contributed by atoms with Crippen LogP contribution in [0.1, 0.15) is 5.56 Å². The molecule has 5 nitrogen and oxygen atoms in total. The van der Waals surface area contributed by atoms with Gasteiger partial charge < -0.3 is 14.1 Å². The number of anilines is 1. The second kappa shape index (κ2) is 8.20. The summed E-state index contributed by atoms with van der Waals surface area (Å²) in [7, 11) is 1.58. The van der Waals surface area contributed by atoms with Crippen LogP contribution in [-0.4, -0.2) is 43.2 Å². The normalized spacial score (nSPS) is 14.9. The van der Waals surface area contributed by atoms with E-state index in [1.165, 1.54) is 16.7 Å². The molecule has 3 aromatic carbocycles. The van der Waals surface area contributed by atoms with Gasteiger partial charge >= 0.3 is 6.08 Å². The highest BCUT2D eigenvalue weighted by molar-refractivity contribution is 5.87. The molecule has 1 saturated heterocycles. The Morgan fingerprint density at radius 2 is 1.63 bits per heavy atom. The molecule has 5 rings (SSSR count). The lowest BCUT2D eigenvalue weighted by Gasteiger charge is -2.36. The van der Waals surface area contributed by atoms with Crippen molar-refractivity contribution in [3.63, 3.8) is 0 Å². The fraction of sp³-hybridized carbons (Fsp3) is 0.240. The van der Waals surface area contributed by atoms with Gasteiger partial charge in [0, 0.05) is 32.7 Å². The van der Waals surface area contributed by atoms with E-state index in [2.05, 4.69) is 75.4 Å². The van der Waals surface area contributed by atoms with Crippen molar-refractivity contribution in [3.8, 4) is 17.2 Å². The minimum Gasteiger partial charge on any atom is -0.453 e. The third-order valence-electron chi connectivity index (χ3n) is 5.70. The first-order chi connectivity index (χ1) is 14.8. The Bertz CT molecular complexity index is 1130. The molecule has 0 N–H and O–H groups in total. The molecule has 0 radical (unpaired) electrons. The third-order valence-corrected chi connectivity index (χ3v) is 5.70. The number of benzene rings is 3. The van der Waals surface area contributed by atoms with E-state index in [1.807, 2.05) is 12.1 Å². The number of hydrogen-bond donors (Lipinski definition) is 0. The lowest BCUT2D eigenvalue weighted by molar-refractivity contribution is 0.249. The first kappa shape index (κ1) is 18.7. The fourth-order valence-electron chi connectivity index (χ4n) is 4.14. The van der Waals surface area contributed by atoms with Crippen molar-refractivity contribution in [2.24, 2.45) is 0 Å². The maximum atomic E-state index is 5.79. The molecule has 1 aliphatic heterocycles. The van der Waals surface area contributed by atoms with Crippen molar-refractivity contribution in [3.05, 3.63) is 78.4 Å². The van der Waals surface area contributed by atoms with Gasteiger partial charge in [-0.05, 0) is 34.9 Å². The van der Waals surface area contributed by atoms with Gasteiger partial charge in [0.25, 0.3) is 0 Å². The standard InChI is InChI=1S/C25H25N3O2/c1-29-25-26-22-11-6-12-23(24(22)30-25)28-15-13-27(14-16-28)18-19-7-5-10-21(17-19)20-8-3-2-4-9-20/h2-12,17H,13-16,18H2,1H3. The van der Waals surface area contributed by atoms with Crippen LogP contribution in [0.5, 0.6) is 6.08 Å². The lowest BCUT2D eigenvalue weighted by Crippen LogP contribution is -2.46. The van der Waals surface area contributed by atoms with Gasteiger partial charge in [-0.2, -0.15) is 4.98 Å². The summed E-state index contributed by atoms with van der Waals surface area (Å²) < 4.78 is 11.0. The molecule has 0 saturated carbocycles. The Morgan fingerprint density at radius 3 is 2.43 bits per heavy atom. The third kappa shape index (κ3) is 3.76. The number of fused-ring (bicyclic) bond motifs is 1. The molecule has 0 unspecified atom stereocenters. The summed E-state index contributed by atoms with van der Waals surface area (Å²) in [6.45, 7) is 4.91. The zero-order valence-corrected chi connectivity index (χ0v) is 17.1. The maximum absolute atomic E-state index is 5.79. The van der Waals surface area contributed by atoms with Crippen molar-refractivity contribution in [1.82, 2.24) is 9.88 Å². The van der Waals surface area contributed by atoms with Gasteiger partial charge in [0.2, 0.25) is 0 Å². The topological polar surface area (TPSA) is 41.7 Å². The van der Waals surface area contributed by atoms with E-state index in [-0.39, 0.29) is 0 Å². The van der Waals surface area contributed by atoms with Crippen LogP contribution in [0.2, 0.25) is 0 Å².